The molecule has 0 saturated heterocycles. The van der Waals surface area contributed by atoms with Crippen molar-refractivity contribution in [1.82, 2.24) is 5.32 Å². The highest BCUT2D eigenvalue weighted by Crippen LogP contribution is 2.38. The molecule has 0 bridgehead atoms. The van der Waals surface area contributed by atoms with E-state index in [-0.39, 0.29) is 0 Å². The van der Waals surface area contributed by atoms with E-state index in [0.29, 0.717) is 5.92 Å². The van der Waals surface area contributed by atoms with Crippen LogP contribution in [0.1, 0.15) is 56.1 Å². The summed E-state index contributed by atoms with van der Waals surface area (Å²) in [5.74, 6) is 2.51. The lowest BCUT2D eigenvalue weighted by atomic mass is 9.84. The lowest BCUT2D eigenvalue weighted by Crippen LogP contribution is -2.26. The first-order chi connectivity index (χ1) is 9.76. The molecule has 1 unspecified atom stereocenters. The van der Waals surface area contributed by atoms with Crippen LogP contribution in [-0.2, 0) is 0 Å². The lowest BCUT2D eigenvalue weighted by molar-refractivity contribution is 0.398. The first kappa shape index (κ1) is 15.4. The minimum Gasteiger partial charge on any atom is -0.496 e. The molecule has 112 valence electrons. The lowest BCUT2D eigenvalue weighted by Gasteiger charge is -2.25. The minimum atomic E-state index is 0.638. The van der Waals surface area contributed by atoms with Crippen LogP contribution in [0.15, 0.2) is 18.2 Å². The summed E-state index contributed by atoms with van der Waals surface area (Å²) in [5, 5.41) is 3.62. The van der Waals surface area contributed by atoms with Gasteiger partial charge >= 0.3 is 0 Å². The van der Waals surface area contributed by atoms with Gasteiger partial charge in [0.2, 0.25) is 0 Å². The summed E-state index contributed by atoms with van der Waals surface area (Å²) >= 11 is 0. The highest BCUT2D eigenvalue weighted by atomic mass is 16.5. The summed E-state index contributed by atoms with van der Waals surface area (Å²) in [5.41, 5.74) is 2.67. The van der Waals surface area contributed by atoms with E-state index in [4.69, 9.17) is 4.74 Å². The molecule has 1 aromatic carbocycles. The SMILES string of the molecule is CCCNCC(c1ccc(C)c(OC)c1)C1CCCC1. The summed E-state index contributed by atoms with van der Waals surface area (Å²) in [6.45, 7) is 6.56. The monoisotopic (exact) mass is 275 g/mol. The van der Waals surface area contributed by atoms with E-state index in [1.54, 1.807) is 7.11 Å². The number of nitrogens with one attached hydrogen (secondary N) is 1. The Kier molecular flexibility index (Phi) is 5.90. The van der Waals surface area contributed by atoms with Gasteiger partial charge in [-0.2, -0.15) is 0 Å². The van der Waals surface area contributed by atoms with E-state index < -0.39 is 0 Å². The van der Waals surface area contributed by atoms with Gasteiger partial charge in [0.15, 0.2) is 0 Å². The summed E-state index contributed by atoms with van der Waals surface area (Å²) < 4.78 is 5.50. The van der Waals surface area contributed by atoms with Crippen LogP contribution >= 0.6 is 0 Å². The molecule has 2 heteroatoms. The zero-order valence-electron chi connectivity index (χ0n) is 13.2. The van der Waals surface area contributed by atoms with Gasteiger partial charge in [-0.25, -0.2) is 0 Å². The van der Waals surface area contributed by atoms with Crippen molar-refractivity contribution in [2.75, 3.05) is 20.2 Å². The number of hydrogen-bond acceptors (Lipinski definition) is 2. The van der Waals surface area contributed by atoms with Gasteiger partial charge in [-0.1, -0.05) is 31.9 Å². The van der Waals surface area contributed by atoms with Crippen LogP contribution in [0.4, 0.5) is 0 Å². The van der Waals surface area contributed by atoms with Crippen molar-refractivity contribution >= 4 is 0 Å². The molecule has 0 aliphatic heterocycles. The summed E-state index contributed by atoms with van der Waals surface area (Å²) in [4.78, 5) is 0. The molecule has 1 aromatic rings. The third-order valence-electron chi connectivity index (χ3n) is 4.62. The van der Waals surface area contributed by atoms with Crippen LogP contribution < -0.4 is 10.1 Å². The van der Waals surface area contributed by atoms with E-state index in [2.05, 4.69) is 37.4 Å². The molecule has 1 aliphatic rings. The minimum absolute atomic E-state index is 0.638. The van der Waals surface area contributed by atoms with Crippen LogP contribution in [0.5, 0.6) is 5.75 Å². The van der Waals surface area contributed by atoms with Gasteiger partial charge in [-0.3, -0.25) is 0 Å². The maximum atomic E-state index is 5.50. The zero-order valence-corrected chi connectivity index (χ0v) is 13.2. The second kappa shape index (κ2) is 7.68. The Labute approximate surface area is 123 Å². The highest BCUT2D eigenvalue weighted by Gasteiger charge is 2.26. The molecule has 1 aliphatic carbocycles. The van der Waals surface area contributed by atoms with E-state index in [9.17, 15) is 0 Å². The molecular weight excluding hydrogens is 246 g/mol. The second-order valence-electron chi connectivity index (χ2n) is 6.08. The van der Waals surface area contributed by atoms with Crippen molar-refractivity contribution in [3.63, 3.8) is 0 Å². The number of rotatable bonds is 7. The topological polar surface area (TPSA) is 21.3 Å². The standard InChI is InChI=1S/C18H29NO/c1-4-11-19-13-17(15-7-5-6-8-15)16-10-9-14(2)18(12-16)20-3/h9-10,12,15,17,19H,4-8,11,13H2,1-3H3. The van der Waals surface area contributed by atoms with Crippen molar-refractivity contribution in [2.24, 2.45) is 5.92 Å². The second-order valence-corrected chi connectivity index (χ2v) is 6.08. The Morgan fingerprint density at radius 3 is 2.70 bits per heavy atom. The molecule has 0 heterocycles. The predicted octanol–water partition coefficient (Wildman–Crippen LogP) is 4.28. The van der Waals surface area contributed by atoms with E-state index >= 15 is 0 Å². The van der Waals surface area contributed by atoms with Crippen LogP contribution in [-0.4, -0.2) is 20.2 Å². The predicted molar refractivity (Wildman–Crippen MR) is 85.6 cm³/mol. The Morgan fingerprint density at radius 2 is 2.05 bits per heavy atom. The molecule has 1 N–H and O–H groups in total. The molecule has 0 aromatic heterocycles. The molecule has 0 amide bonds. The van der Waals surface area contributed by atoms with Gasteiger partial charge in [0.25, 0.3) is 0 Å². The van der Waals surface area contributed by atoms with Gasteiger partial charge in [-0.05, 0) is 61.8 Å². The maximum absolute atomic E-state index is 5.50. The number of hydrogen-bond donors (Lipinski definition) is 1. The number of methoxy groups -OCH3 is 1. The molecule has 0 spiro atoms. The highest BCUT2D eigenvalue weighted by molar-refractivity contribution is 5.38. The molecule has 1 fully saturated rings. The van der Waals surface area contributed by atoms with Crippen molar-refractivity contribution in [3.05, 3.63) is 29.3 Å². The van der Waals surface area contributed by atoms with Gasteiger partial charge in [-0.15, -0.1) is 0 Å². The van der Waals surface area contributed by atoms with E-state index in [1.807, 2.05) is 0 Å². The van der Waals surface area contributed by atoms with E-state index in [0.717, 1.165) is 24.8 Å². The zero-order chi connectivity index (χ0) is 14.4. The van der Waals surface area contributed by atoms with Crippen molar-refractivity contribution < 1.29 is 4.74 Å². The summed E-state index contributed by atoms with van der Waals surface area (Å²) in [6, 6.07) is 6.76. The molecule has 20 heavy (non-hydrogen) atoms. The molecular formula is C18H29NO. The molecule has 1 saturated carbocycles. The van der Waals surface area contributed by atoms with Crippen LogP contribution in [0, 0.1) is 12.8 Å². The Bertz CT molecular complexity index is 410. The normalized spacial score (nSPS) is 17.4. The fourth-order valence-electron chi connectivity index (χ4n) is 3.42. The number of ether oxygens (including phenoxy) is 1. The molecule has 0 radical (unpaired) electrons. The van der Waals surface area contributed by atoms with Crippen molar-refractivity contribution in [1.29, 1.82) is 0 Å². The third-order valence-corrected chi connectivity index (χ3v) is 4.62. The Balaban J connectivity index is 2.15. The quantitative estimate of drug-likeness (QED) is 0.750. The smallest absolute Gasteiger partial charge is 0.122 e. The summed E-state index contributed by atoms with van der Waals surface area (Å²) in [7, 11) is 1.77. The fourth-order valence-corrected chi connectivity index (χ4v) is 3.42. The molecule has 1 atom stereocenters. The summed E-state index contributed by atoms with van der Waals surface area (Å²) in [6.07, 6.45) is 6.77. The van der Waals surface area contributed by atoms with Gasteiger partial charge in [0, 0.05) is 6.54 Å². The number of benzene rings is 1. The van der Waals surface area contributed by atoms with Crippen LogP contribution in [0.2, 0.25) is 0 Å². The van der Waals surface area contributed by atoms with Gasteiger partial charge in [0.05, 0.1) is 7.11 Å². The average molecular weight is 275 g/mol. The largest absolute Gasteiger partial charge is 0.496 e. The van der Waals surface area contributed by atoms with Crippen LogP contribution in [0.25, 0.3) is 0 Å². The first-order valence-electron chi connectivity index (χ1n) is 8.11. The van der Waals surface area contributed by atoms with Crippen molar-refractivity contribution in [2.45, 2.75) is 51.9 Å². The molecule has 2 rings (SSSR count). The average Bonchev–Trinajstić information content (AvgIpc) is 2.98. The Hall–Kier alpha value is -1.02. The van der Waals surface area contributed by atoms with Crippen molar-refractivity contribution in [3.8, 4) is 5.75 Å². The Morgan fingerprint density at radius 1 is 1.30 bits per heavy atom. The fraction of sp³-hybridized carbons (Fsp3) is 0.667. The van der Waals surface area contributed by atoms with Gasteiger partial charge < -0.3 is 10.1 Å². The van der Waals surface area contributed by atoms with Crippen LogP contribution in [0.3, 0.4) is 0 Å². The number of aryl methyl sites for hydroxylation is 1. The van der Waals surface area contributed by atoms with E-state index in [1.165, 1.54) is 43.2 Å². The third kappa shape index (κ3) is 3.76. The first-order valence-corrected chi connectivity index (χ1v) is 8.11. The molecule has 2 nitrogen and oxygen atoms in total. The van der Waals surface area contributed by atoms with Gasteiger partial charge in [0.1, 0.15) is 5.75 Å². The maximum Gasteiger partial charge on any atom is 0.122 e.